The second-order valence-electron chi connectivity index (χ2n) is 4.07. The molecule has 1 aliphatic rings. The number of amides is 1. The van der Waals surface area contributed by atoms with Gasteiger partial charge in [-0.05, 0) is 25.0 Å². The van der Waals surface area contributed by atoms with Crippen molar-refractivity contribution < 1.29 is 27.4 Å². The summed E-state index contributed by atoms with van der Waals surface area (Å²) in [6.07, 6.45) is -3.87. The number of ether oxygens (including phenoxy) is 2. The van der Waals surface area contributed by atoms with E-state index in [9.17, 15) is 18.0 Å². The molecule has 0 aromatic heterocycles. The van der Waals surface area contributed by atoms with Crippen molar-refractivity contribution in [3.63, 3.8) is 0 Å². The highest BCUT2D eigenvalue weighted by Gasteiger charge is 2.31. The predicted octanol–water partition coefficient (Wildman–Crippen LogP) is 2.70. The van der Waals surface area contributed by atoms with Gasteiger partial charge in [-0.2, -0.15) is 0 Å². The van der Waals surface area contributed by atoms with Crippen LogP contribution in [0.3, 0.4) is 0 Å². The first-order valence-electron chi connectivity index (χ1n) is 5.72. The van der Waals surface area contributed by atoms with Gasteiger partial charge in [-0.25, -0.2) is 0 Å². The van der Waals surface area contributed by atoms with Crippen LogP contribution in [0.2, 0.25) is 0 Å². The predicted molar refractivity (Wildman–Crippen MR) is 60.7 cm³/mol. The zero-order chi connectivity index (χ0) is 13.9. The van der Waals surface area contributed by atoms with Gasteiger partial charge in [0.2, 0.25) is 0 Å². The third-order valence-corrected chi connectivity index (χ3v) is 2.56. The van der Waals surface area contributed by atoms with Gasteiger partial charge in [0.05, 0.1) is 0 Å². The molecule has 7 heteroatoms. The van der Waals surface area contributed by atoms with Crippen LogP contribution < -0.4 is 10.1 Å². The Kier molecular flexibility index (Phi) is 3.94. The number of benzene rings is 1. The quantitative estimate of drug-likeness (QED) is 0.922. The summed E-state index contributed by atoms with van der Waals surface area (Å²) in [5, 5.41) is 2.50. The lowest BCUT2D eigenvalue weighted by molar-refractivity contribution is -0.274. The van der Waals surface area contributed by atoms with Gasteiger partial charge in [-0.1, -0.05) is 6.07 Å². The average Bonchev–Trinajstić information content (AvgIpc) is 2.80. The first kappa shape index (κ1) is 13.7. The summed E-state index contributed by atoms with van der Waals surface area (Å²) in [7, 11) is 0. The fourth-order valence-corrected chi connectivity index (χ4v) is 1.78. The Morgan fingerprint density at radius 3 is 2.84 bits per heavy atom. The van der Waals surface area contributed by atoms with Gasteiger partial charge in [0.1, 0.15) is 11.9 Å². The van der Waals surface area contributed by atoms with Crippen molar-refractivity contribution in [2.45, 2.75) is 25.3 Å². The minimum absolute atomic E-state index is 0.238. The molecule has 0 radical (unpaired) electrons. The van der Waals surface area contributed by atoms with Gasteiger partial charge in [-0.3, -0.25) is 4.79 Å². The molecule has 1 atom stereocenters. The Hall–Kier alpha value is -1.76. The lowest BCUT2D eigenvalue weighted by Crippen LogP contribution is -2.26. The molecule has 1 fully saturated rings. The highest BCUT2D eigenvalue weighted by Crippen LogP contribution is 2.25. The van der Waals surface area contributed by atoms with Crippen LogP contribution in [0.15, 0.2) is 24.3 Å². The van der Waals surface area contributed by atoms with Crippen molar-refractivity contribution in [2.24, 2.45) is 0 Å². The van der Waals surface area contributed by atoms with Crippen LogP contribution in [0.1, 0.15) is 12.8 Å². The van der Waals surface area contributed by atoms with Crippen LogP contribution in [0.25, 0.3) is 0 Å². The van der Waals surface area contributed by atoms with Crippen LogP contribution >= 0.6 is 0 Å². The second kappa shape index (κ2) is 5.48. The van der Waals surface area contributed by atoms with E-state index >= 15 is 0 Å². The lowest BCUT2D eigenvalue weighted by atomic mass is 10.2. The fraction of sp³-hybridized carbons (Fsp3) is 0.417. The van der Waals surface area contributed by atoms with E-state index in [1.165, 1.54) is 12.1 Å². The summed E-state index contributed by atoms with van der Waals surface area (Å²) in [4.78, 5) is 11.7. The van der Waals surface area contributed by atoms with E-state index in [-0.39, 0.29) is 17.3 Å². The largest absolute Gasteiger partial charge is 0.573 e. The molecule has 4 nitrogen and oxygen atoms in total. The summed E-state index contributed by atoms with van der Waals surface area (Å²) in [5.41, 5.74) is 0.238. The topological polar surface area (TPSA) is 47.6 Å². The Bertz CT molecular complexity index is 456. The number of hydrogen-bond donors (Lipinski definition) is 1. The van der Waals surface area contributed by atoms with Crippen LogP contribution in [0, 0.1) is 0 Å². The molecule has 0 aliphatic carbocycles. The van der Waals surface area contributed by atoms with E-state index in [0.717, 1.165) is 18.6 Å². The minimum Gasteiger partial charge on any atom is -0.406 e. The molecule has 1 aromatic carbocycles. The first-order valence-corrected chi connectivity index (χ1v) is 5.72. The second-order valence-corrected chi connectivity index (χ2v) is 4.07. The first-order chi connectivity index (χ1) is 8.94. The van der Waals surface area contributed by atoms with Gasteiger partial charge in [0.25, 0.3) is 5.91 Å². The van der Waals surface area contributed by atoms with Crippen LogP contribution in [-0.2, 0) is 9.53 Å². The highest BCUT2D eigenvalue weighted by molar-refractivity contribution is 5.94. The van der Waals surface area contributed by atoms with E-state index in [0.29, 0.717) is 13.0 Å². The van der Waals surface area contributed by atoms with Gasteiger partial charge in [-0.15, -0.1) is 13.2 Å². The normalized spacial score (nSPS) is 19.2. The Morgan fingerprint density at radius 1 is 1.42 bits per heavy atom. The van der Waals surface area contributed by atoms with Crippen molar-refractivity contribution >= 4 is 11.6 Å². The molecule has 0 saturated carbocycles. The molecule has 19 heavy (non-hydrogen) atoms. The van der Waals surface area contributed by atoms with Gasteiger partial charge in [0, 0.05) is 18.4 Å². The Balaban J connectivity index is 2.00. The Morgan fingerprint density at radius 2 is 2.21 bits per heavy atom. The van der Waals surface area contributed by atoms with Crippen LogP contribution in [-0.4, -0.2) is 25.0 Å². The molecule has 1 aromatic rings. The summed E-state index contributed by atoms with van der Waals surface area (Å²) >= 11 is 0. The van der Waals surface area contributed by atoms with E-state index in [1.807, 2.05) is 0 Å². The maximum absolute atomic E-state index is 12.1. The smallest absolute Gasteiger partial charge is 0.406 e. The van der Waals surface area contributed by atoms with Crippen LogP contribution in [0.5, 0.6) is 5.75 Å². The third kappa shape index (κ3) is 4.13. The maximum Gasteiger partial charge on any atom is 0.573 e. The summed E-state index contributed by atoms with van der Waals surface area (Å²) in [6, 6.07) is 5.12. The number of carbonyl (C=O) groups is 1. The van der Waals surface area contributed by atoms with E-state index in [1.54, 1.807) is 0 Å². The average molecular weight is 275 g/mol. The molecule has 0 spiro atoms. The molecule has 1 heterocycles. The molecular weight excluding hydrogens is 263 g/mol. The number of rotatable bonds is 3. The zero-order valence-corrected chi connectivity index (χ0v) is 9.87. The summed E-state index contributed by atoms with van der Waals surface area (Å²) in [6.45, 7) is 0.523. The molecule has 104 valence electrons. The number of alkyl halides is 3. The standard InChI is InChI=1S/C12H12F3NO3/c13-12(14,15)19-9-4-1-3-8(7-9)16-11(17)10-5-2-6-18-10/h1,3-4,7,10H,2,5-6H2,(H,16,17)/t10-/m0/s1. The third-order valence-electron chi connectivity index (χ3n) is 2.56. The zero-order valence-electron chi connectivity index (χ0n) is 9.87. The molecule has 1 N–H and O–H groups in total. The minimum atomic E-state index is -4.75. The SMILES string of the molecule is O=C(Nc1cccc(OC(F)(F)F)c1)[C@@H]1CCCO1. The summed E-state index contributed by atoms with van der Waals surface area (Å²) in [5.74, 6) is -0.737. The van der Waals surface area contributed by atoms with E-state index < -0.39 is 12.5 Å². The number of halogens is 3. The van der Waals surface area contributed by atoms with Crippen molar-refractivity contribution in [1.82, 2.24) is 0 Å². The molecular formula is C12H12F3NO3. The monoisotopic (exact) mass is 275 g/mol. The maximum atomic E-state index is 12.1. The molecule has 0 bridgehead atoms. The molecule has 1 saturated heterocycles. The molecule has 1 amide bonds. The number of carbonyl (C=O) groups excluding carboxylic acids is 1. The van der Waals surface area contributed by atoms with Crippen molar-refractivity contribution in [1.29, 1.82) is 0 Å². The Labute approximate surface area is 107 Å². The van der Waals surface area contributed by atoms with E-state index in [4.69, 9.17) is 4.74 Å². The number of nitrogens with one attached hydrogen (secondary N) is 1. The number of hydrogen-bond acceptors (Lipinski definition) is 3. The number of anilines is 1. The molecule has 2 rings (SSSR count). The lowest BCUT2D eigenvalue weighted by Gasteiger charge is -2.12. The van der Waals surface area contributed by atoms with Crippen molar-refractivity contribution in [2.75, 3.05) is 11.9 Å². The van der Waals surface area contributed by atoms with Gasteiger partial charge < -0.3 is 14.8 Å². The molecule has 0 unspecified atom stereocenters. The molecule has 1 aliphatic heterocycles. The highest BCUT2D eigenvalue weighted by atomic mass is 19.4. The van der Waals surface area contributed by atoms with Gasteiger partial charge in [0.15, 0.2) is 0 Å². The van der Waals surface area contributed by atoms with Crippen molar-refractivity contribution in [3.05, 3.63) is 24.3 Å². The van der Waals surface area contributed by atoms with Gasteiger partial charge >= 0.3 is 6.36 Å². The van der Waals surface area contributed by atoms with Crippen molar-refractivity contribution in [3.8, 4) is 5.75 Å². The fourth-order valence-electron chi connectivity index (χ4n) is 1.78. The summed E-state index contributed by atoms with van der Waals surface area (Å²) < 4.78 is 45.1. The van der Waals surface area contributed by atoms with Crippen LogP contribution in [0.4, 0.5) is 18.9 Å². The van der Waals surface area contributed by atoms with E-state index in [2.05, 4.69) is 10.1 Å².